The lowest BCUT2D eigenvalue weighted by Crippen LogP contribution is -2.38. The summed E-state index contributed by atoms with van der Waals surface area (Å²) in [5, 5.41) is 10.1. The van der Waals surface area contributed by atoms with E-state index in [4.69, 9.17) is 4.74 Å². The molecule has 2 aliphatic heterocycles. The maximum atomic E-state index is 12.3. The Hall–Kier alpha value is -3.78. The summed E-state index contributed by atoms with van der Waals surface area (Å²) in [5.41, 5.74) is 14.5. The van der Waals surface area contributed by atoms with Gasteiger partial charge in [-0.25, -0.2) is 4.79 Å². The number of aromatic nitrogens is 2. The largest absolute Gasteiger partial charge is 0.465 e. The summed E-state index contributed by atoms with van der Waals surface area (Å²) in [4.78, 5) is 12.3. The molecule has 0 saturated heterocycles. The number of carbonyl (C=O) groups is 1. The van der Waals surface area contributed by atoms with Crippen LogP contribution in [-0.4, -0.2) is 34.4 Å². The van der Waals surface area contributed by atoms with Crippen molar-refractivity contribution >= 4 is 17.4 Å². The van der Waals surface area contributed by atoms with E-state index < -0.39 is 0 Å². The lowest BCUT2D eigenvalue weighted by Gasteiger charge is -2.22. The van der Waals surface area contributed by atoms with Crippen LogP contribution < -0.4 is 16.3 Å². The van der Waals surface area contributed by atoms with Crippen LogP contribution in [0.3, 0.4) is 0 Å². The molecule has 1 unspecified atom stereocenters. The van der Waals surface area contributed by atoms with Crippen molar-refractivity contribution in [1.82, 2.24) is 25.7 Å². The zero-order valence-electron chi connectivity index (χ0n) is 18.3. The molecule has 0 spiro atoms. The molecule has 2 aliphatic rings. The number of allylic oxidation sites excluding steroid dienone is 1. The Labute approximate surface area is 186 Å². The third-order valence-corrected chi connectivity index (χ3v) is 6.03. The number of anilines is 1. The van der Waals surface area contributed by atoms with E-state index in [2.05, 4.69) is 51.5 Å². The molecule has 3 heterocycles. The number of para-hydroxylation sites is 1. The second-order valence-electron chi connectivity index (χ2n) is 8.09. The number of nitrogens with zero attached hydrogens (tertiary/aromatic N) is 3. The van der Waals surface area contributed by atoms with Crippen LogP contribution in [-0.2, 0) is 11.8 Å². The van der Waals surface area contributed by atoms with Gasteiger partial charge in [0, 0.05) is 36.6 Å². The minimum atomic E-state index is -0.351. The van der Waals surface area contributed by atoms with Crippen molar-refractivity contribution in [2.75, 3.05) is 19.0 Å². The number of hydrogen-bond acceptors (Lipinski definition) is 7. The number of carbonyl (C=O) groups excluding carboxylic acids is 1. The van der Waals surface area contributed by atoms with Gasteiger partial charge in [0.2, 0.25) is 0 Å². The van der Waals surface area contributed by atoms with Crippen molar-refractivity contribution in [2.45, 2.75) is 19.4 Å². The first kappa shape index (κ1) is 20.1. The Balaban J connectivity index is 1.61. The molecule has 1 atom stereocenters. The van der Waals surface area contributed by atoms with Crippen LogP contribution >= 0.6 is 0 Å². The van der Waals surface area contributed by atoms with E-state index >= 15 is 0 Å². The first-order valence-corrected chi connectivity index (χ1v) is 10.6. The highest BCUT2D eigenvalue weighted by Gasteiger charge is 2.31. The van der Waals surface area contributed by atoms with E-state index in [9.17, 15) is 4.79 Å². The summed E-state index contributed by atoms with van der Waals surface area (Å²) in [7, 11) is 3.32. The zero-order chi connectivity index (χ0) is 22.2. The highest BCUT2D eigenvalue weighted by atomic mass is 16.5. The molecule has 1 aromatic heterocycles. The fourth-order valence-electron chi connectivity index (χ4n) is 4.45. The van der Waals surface area contributed by atoms with Gasteiger partial charge in [0.15, 0.2) is 0 Å². The topological polar surface area (TPSA) is 83.4 Å². The summed E-state index contributed by atoms with van der Waals surface area (Å²) < 4.78 is 6.80. The van der Waals surface area contributed by atoms with Crippen molar-refractivity contribution < 1.29 is 9.53 Å². The molecule has 0 radical (unpaired) electrons. The average molecular weight is 431 g/mol. The number of nitrogens with one attached hydrogen (secondary N) is 3. The summed E-state index contributed by atoms with van der Waals surface area (Å²) in [6.45, 7) is 2.87. The van der Waals surface area contributed by atoms with Gasteiger partial charge in [-0.05, 0) is 42.7 Å². The molecule has 5 rings (SSSR count). The molecular formula is C24H26N6O2. The third kappa shape index (κ3) is 3.48. The van der Waals surface area contributed by atoms with Crippen molar-refractivity contribution in [1.29, 1.82) is 0 Å². The predicted octanol–water partition coefficient (Wildman–Crippen LogP) is 3.44. The number of hydrogen-bond donors (Lipinski definition) is 3. The van der Waals surface area contributed by atoms with Crippen molar-refractivity contribution in [3.05, 3.63) is 77.2 Å². The van der Waals surface area contributed by atoms with Gasteiger partial charge in [-0.3, -0.25) is 9.69 Å². The first-order valence-electron chi connectivity index (χ1n) is 10.6. The summed E-state index contributed by atoms with van der Waals surface area (Å²) in [5.74, 6) is -0.351. The molecule has 8 heteroatoms. The molecule has 0 bridgehead atoms. The first-order chi connectivity index (χ1) is 15.5. The number of rotatable bonds is 4. The molecule has 32 heavy (non-hydrogen) atoms. The van der Waals surface area contributed by atoms with Crippen LogP contribution in [0.4, 0.5) is 5.69 Å². The van der Waals surface area contributed by atoms with E-state index in [1.165, 1.54) is 12.7 Å². The molecule has 3 N–H and O–H groups in total. The van der Waals surface area contributed by atoms with Crippen molar-refractivity contribution in [2.24, 2.45) is 7.05 Å². The maximum absolute atomic E-state index is 12.3. The smallest absolute Gasteiger partial charge is 0.339 e. The molecule has 0 aliphatic carbocycles. The Kier molecular flexibility index (Phi) is 5.07. The van der Waals surface area contributed by atoms with Gasteiger partial charge in [0.25, 0.3) is 0 Å². The van der Waals surface area contributed by atoms with E-state index in [0.717, 1.165) is 46.7 Å². The molecule has 0 fully saturated rings. The molecule has 164 valence electrons. The van der Waals surface area contributed by atoms with Gasteiger partial charge in [-0.15, -0.1) is 5.53 Å². The fourth-order valence-corrected chi connectivity index (χ4v) is 4.45. The number of hydrazine groups is 2. The lowest BCUT2D eigenvalue weighted by molar-refractivity contribution is 0.0601. The monoisotopic (exact) mass is 430 g/mol. The summed E-state index contributed by atoms with van der Waals surface area (Å²) in [6.07, 6.45) is 4.73. The number of methoxy groups -OCH3 is 1. The molecule has 0 amide bonds. The van der Waals surface area contributed by atoms with E-state index in [1.807, 2.05) is 42.3 Å². The number of fused-ring (bicyclic) bond motifs is 3. The van der Waals surface area contributed by atoms with Crippen LogP contribution in [0.2, 0.25) is 0 Å². The van der Waals surface area contributed by atoms with E-state index in [-0.39, 0.29) is 12.0 Å². The van der Waals surface area contributed by atoms with Gasteiger partial charge in [0.1, 0.15) is 0 Å². The molecule has 8 nitrogen and oxygen atoms in total. The third-order valence-electron chi connectivity index (χ3n) is 6.03. The predicted molar refractivity (Wildman–Crippen MR) is 123 cm³/mol. The Morgan fingerprint density at radius 2 is 2.06 bits per heavy atom. The van der Waals surface area contributed by atoms with Crippen LogP contribution in [0.1, 0.15) is 40.9 Å². The van der Waals surface area contributed by atoms with Gasteiger partial charge >= 0.3 is 5.97 Å². The number of aryl methyl sites for hydroxylation is 1. The van der Waals surface area contributed by atoms with E-state index in [1.54, 1.807) is 6.07 Å². The molecule has 2 aromatic carbocycles. The number of ether oxygens (including phenoxy) is 1. The van der Waals surface area contributed by atoms with Crippen LogP contribution in [0.5, 0.6) is 0 Å². The minimum Gasteiger partial charge on any atom is -0.465 e. The average Bonchev–Trinajstić information content (AvgIpc) is 3.37. The Bertz CT molecular complexity index is 1210. The SMILES string of the molecule is COC(=O)c1ccccc1NC1CCN2NNC(C)=C2c2ccc(-c3cnn(C)c3)cc21. The van der Waals surface area contributed by atoms with Crippen molar-refractivity contribution in [3.8, 4) is 11.1 Å². The Morgan fingerprint density at radius 3 is 2.84 bits per heavy atom. The zero-order valence-corrected chi connectivity index (χ0v) is 18.3. The van der Waals surface area contributed by atoms with Crippen LogP contribution in [0, 0.1) is 0 Å². The second-order valence-corrected chi connectivity index (χ2v) is 8.09. The van der Waals surface area contributed by atoms with Crippen LogP contribution in [0.15, 0.2) is 60.6 Å². The Morgan fingerprint density at radius 1 is 1.22 bits per heavy atom. The maximum Gasteiger partial charge on any atom is 0.339 e. The van der Waals surface area contributed by atoms with Gasteiger partial charge in [-0.2, -0.15) is 5.10 Å². The van der Waals surface area contributed by atoms with Crippen molar-refractivity contribution in [3.63, 3.8) is 0 Å². The molecule has 0 saturated carbocycles. The number of esters is 1. The van der Waals surface area contributed by atoms with Crippen LogP contribution in [0.25, 0.3) is 16.8 Å². The van der Waals surface area contributed by atoms with Gasteiger partial charge in [0.05, 0.1) is 36.3 Å². The quantitative estimate of drug-likeness (QED) is 0.547. The highest BCUT2D eigenvalue weighted by Crippen LogP contribution is 2.39. The van der Waals surface area contributed by atoms with Gasteiger partial charge < -0.3 is 15.5 Å². The minimum absolute atomic E-state index is 0.000118. The van der Waals surface area contributed by atoms with E-state index in [0.29, 0.717) is 5.56 Å². The molecule has 3 aromatic rings. The second kappa shape index (κ2) is 8.05. The summed E-state index contributed by atoms with van der Waals surface area (Å²) in [6, 6.07) is 14.0. The van der Waals surface area contributed by atoms with Gasteiger partial charge in [-0.1, -0.05) is 24.3 Å². The standard InChI is InChI=1S/C24H26N6O2/c1-15-23-18-9-8-16(17-13-25-29(2)14-17)12-20(18)22(10-11-30(23)28-27-15)26-21-7-5-4-6-19(21)24(31)32-3/h4-9,12-14,22,26-28H,10-11H2,1-3H3. The number of benzene rings is 2. The summed E-state index contributed by atoms with van der Waals surface area (Å²) >= 11 is 0. The fraction of sp³-hybridized carbons (Fsp3) is 0.250. The lowest BCUT2D eigenvalue weighted by atomic mass is 9.93. The molecular weight excluding hydrogens is 404 g/mol. The normalized spacial score (nSPS) is 17.3. The highest BCUT2D eigenvalue weighted by molar-refractivity contribution is 5.95.